The lowest BCUT2D eigenvalue weighted by molar-refractivity contribution is 0.102. The van der Waals surface area contributed by atoms with Gasteiger partial charge in [-0.25, -0.2) is 0 Å². The van der Waals surface area contributed by atoms with Gasteiger partial charge in [-0.2, -0.15) is 4.80 Å². The van der Waals surface area contributed by atoms with Gasteiger partial charge in [0, 0.05) is 12.4 Å². The number of nitrogens with one attached hydrogen (secondary N) is 1. The van der Waals surface area contributed by atoms with Crippen molar-refractivity contribution < 1.29 is 4.79 Å². The number of pyridine rings is 1. The topological polar surface area (TPSA) is 85.6 Å². The number of aryl methyl sites for hydroxylation is 1. The third-order valence-corrected chi connectivity index (χ3v) is 2.05. The van der Waals surface area contributed by atoms with E-state index in [9.17, 15) is 4.79 Å². The van der Waals surface area contributed by atoms with Crippen LogP contribution in [0.3, 0.4) is 0 Å². The van der Waals surface area contributed by atoms with Crippen molar-refractivity contribution >= 4 is 23.5 Å². The number of carbonyl (C=O) groups is 1. The average Bonchev–Trinajstić information content (AvgIpc) is 2.64. The van der Waals surface area contributed by atoms with Crippen molar-refractivity contribution in [3.8, 4) is 0 Å². The fourth-order valence-electron chi connectivity index (χ4n) is 1.06. The molecule has 16 heavy (non-hydrogen) atoms. The van der Waals surface area contributed by atoms with E-state index in [1.807, 2.05) is 0 Å². The molecule has 0 fully saturated rings. The van der Waals surface area contributed by atoms with Gasteiger partial charge in [-0.15, -0.1) is 5.10 Å². The molecule has 82 valence electrons. The smallest absolute Gasteiger partial charge is 0.270 e. The van der Waals surface area contributed by atoms with Crippen molar-refractivity contribution in [1.29, 1.82) is 0 Å². The number of rotatable bonds is 2. The van der Waals surface area contributed by atoms with Crippen LogP contribution < -0.4 is 5.32 Å². The molecule has 0 aliphatic carbocycles. The number of hydrogen-bond donors (Lipinski definition) is 1. The van der Waals surface area contributed by atoms with Crippen molar-refractivity contribution in [2.24, 2.45) is 7.05 Å². The molecule has 2 aromatic rings. The Labute approximate surface area is 95.4 Å². The summed E-state index contributed by atoms with van der Waals surface area (Å²) in [6.45, 7) is 0. The average molecular weight is 239 g/mol. The third-order valence-electron chi connectivity index (χ3n) is 1.75. The Hall–Kier alpha value is -2.02. The van der Waals surface area contributed by atoms with E-state index in [1.54, 1.807) is 7.05 Å². The fraction of sp³-hybridized carbons (Fsp3) is 0.125. The molecule has 0 spiro atoms. The Kier molecular flexibility index (Phi) is 2.78. The molecule has 1 amide bonds. The van der Waals surface area contributed by atoms with Crippen LogP contribution in [0.15, 0.2) is 18.5 Å². The maximum Gasteiger partial charge on any atom is 0.270 e. The van der Waals surface area contributed by atoms with Crippen LogP contribution in [0.2, 0.25) is 5.02 Å². The molecule has 1 N–H and O–H groups in total. The second kappa shape index (κ2) is 4.23. The number of aromatic nitrogens is 5. The van der Waals surface area contributed by atoms with Crippen LogP contribution in [-0.2, 0) is 7.05 Å². The molecule has 7 nitrogen and oxygen atoms in total. The van der Waals surface area contributed by atoms with E-state index in [0.29, 0.717) is 5.56 Å². The predicted octanol–water partition coefficient (Wildman–Crippen LogP) is 0.511. The Bertz CT molecular complexity index is 525. The van der Waals surface area contributed by atoms with Gasteiger partial charge in [-0.1, -0.05) is 16.7 Å². The van der Waals surface area contributed by atoms with Crippen LogP contribution in [0.1, 0.15) is 10.4 Å². The first-order chi connectivity index (χ1) is 7.66. The van der Waals surface area contributed by atoms with Crippen molar-refractivity contribution in [3.05, 3.63) is 29.0 Å². The van der Waals surface area contributed by atoms with E-state index in [-0.39, 0.29) is 11.0 Å². The highest BCUT2D eigenvalue weighted by atomic mass is 35.5. The summed E-state index contributed by atoms with van der Waals surface area (Å²) in [6, 6.07) is 1.51. The summed E-state index contributed by atoms with van der Waals surface area (Å²) >= 11 is 5.81. The molecule has 0 bridgehead atoms. The monoisotopic (exact) mass is 238 g/mol. The zero-order valence-electron chi connectivity index (χ0n) is 8.25. The van der Waals surface area contributed by atoms with Crippen molar-refractivity contribution in [1.82, 2.24) is 25.2 Å². The van der Waals surface area contributed by atoms with Gasteiger partial charge in [0.05, 0.1) is 17.6 Å². The number of anilines is 1. The maximum atomic E-state index is 11.7. The number of tetrazole rings is 1. The normalized spacial score (nSPS) is 10.1. The summed E-state index contributed by atoms with van der Waals surface area (Å²) < 4.78 is 0. The number of hydrogen-bond acceptors (Lipinski definition) is 5. The van der Waals surface area contributed by atoms with Gasteiger partial charge in [0.15, 0.2) is 0 Å². The van der Waals surface area contributed by atoms with Crippen LogP contribution >= 0.6 is 11.6 Å². The standard InChI is InChI=1S/C8H7ClN6O/c1-15-13-8(12-14-15)11-7(16)5-2-3-10-4-6(5)9/h2-4H,1H3,(H,11,13,16). The first kappa shape index (κ1) is 10.5. The molecule has 0 saturated heterocycles. The number of halogens is 1. The van der Waals surface area contributed by atoms with Gasteiger partial charge in [-0.3, -0.25) is 15.1 Å². The van der Waals surface area contributed by atoms with E-state index in [2.05, 4.69) is 25.7 Å². The van der Waals surface area contributed by atoms with Crippen molar-refractivity contribution in [2.75, 3.05) is 5.32 Å². The molecule has 2 rings (SSSR count). The highest BCUT2D eigenvalue weighted by molar-refractivity contribution is 6.34. The first-order valence-corrected chi connectivity index (χ1v) is 4.69. The fourth-order valence-corrected chi connectivity index (χ4v) is 1.27. The maximum absolute atomic E-state index is 11.7. The van der Waals surface area contributed by atoms with E-state index in [1.165, 1.54) is 23.3 Å². The van der Waals surface area contributed by atoms with Crippen LogP contribution in [0.5, 0.6) is 0 Å². The summed E-state index contributed by atoms with van der Waals surface area (Å²) in [7, 11) is 1.60. The molecule has 2 aromatic heterocycles. The van der Waals surface area contributed by atoms with Gasteiger partial charge in [-0.05, 0) is 11.3 Å². The third kappa shape index (κ3) is 2.14. The minimum atomic E-state index is -0.402. The molecule has 0 atom stereocenters. The highest BCUT2D eigenvalue weighted by Gasteiger charge is 2.12. The summed E-state index contributed by atoms with van der Waals surface area (Å²) in [5, 5.41) is 13.7. The highest BCUT2D eigenvalue weighted by Crippen LogP contribution is 2.14. The van der Waals surface area contributed by atoms with Gasteiger partial charge in [0.1, 0.15) is 0 Å². The minimum absolute atomic E-state index is 0.125. The summed E-state index contributed by atoms with van der Waals surface area (Å²) in [5.74, 6) is -0.277. The Morgan fingerprint density at radius 1 is 1.56 bits per heavy atom. The molecular weight excluding hydrogens is 232 g/mol. The van der Waals surface area contributed by atoms with Crippen molar-refractivity contribution in [2.45, 2.75) is 0 Å². The molecule has 8 heteroatoms. The van der Waals surface area contributed by atoms with E-state index >= 15 is 0 Å². The quantitative estimate of drug-likeness (QED) is 0.824. The van der Waals surface area contributed by atoms with Gasteiger partial charge >= 0.3 is 0 Å². The van der Waals surface area contributed by atoms with Gasteiger partial charge < -0.3 is 0 Å². The Morgan fingerprint density at radius 2 is 2.38 bits per heavy atom. The second-order valence-electron chi connectivity index (χ2n) is 2.91. The van der Waals surface area contributed by atoms with E-state index < -0.39 is 5.91 Å². The summed E-state index contributed by atoms with van der Waals surface area (Å²) in [5.41, 5.74) is 0.309. The molecule has 0 aliphatic rings. The minimum Gasteiger partial charge on any atom is -0.288 e. The molecule has 0 aliphatic heterocycles. The molecule has 2 heterocycles. The molecular formula is C8H7ClN6O. The predicted molar refractivity (Wildman–Crippen MR) is 56.0 cm³/mol. The SMILES string of the molecule is Cn1nnc(NC(=O)c2ccncc2Cl)n1. The molecule has 0 aromatic carbocycles. The number of amides is 1. The van der Waals surface area contributed by atoms with Crippen LogP contribution in [0, 0.1) is 0 Å². The van der Waals surface area contributed by atoms with Gasteiger partial charge in [0.2, 0.25) is 0 Å². The van der Waals surface area contributed by atoms with Crippen LogP contribution in [0.4, 0.5) is 5.95 Å². The lowest BCUT2D eigenvalue weighted by atomic mass is 10.2. The van der Waals surface area contributed by atoms with Crippen LogP contribution in [0.25, 0.3) is 0 Å². The Morgan fingerprint density at radius 3 is 3.00 bits per heavy atom. The lowest BCUT2D eigenvalue weighted by Crippen LogP contribution is -2.13. The summed E-state index contributed by atoms with van der Waals surface area (Å²) in [4.78, 5) is 16.7. The molecule has 0 unspecified atom stereocenters. The van der Waals surface area contributed by atoms with E-state index in [4.69, 9.17) is 11.6 Å². The largest absolute Gasteiger partial charge is 0.288 e. The van der Waals surface area contributed by atoms with Crippen molar-refractivity contribution in [3.63, 3.8) is 0 Å². The lowest BCUT2D eigenvalue weighted by Gasteiger charge is -2.01. The zero-order valence-corrected chi connectivity index (χ0v) is 9.01. The van der Waals surface area contributed by atoms with E-state index in [0.717, 1.165) is 0 Å². The Balaban J connectivity index is 2.18. The first-order valence-electron chi connectivity index (χ1n) is 4.31. The van der Waals surface area contributed by atoms with Gasteiger partial charge in [0.25, 0.3) is 11.9 Å². The number of carbonyl (C=O) groups excluding carboxylic acids is 1. The zero-order chi connectivity index (χ0) is 11.5. The van der Waals surface area contributed by atoms with Crippen LogP contribution in [-0.4, -0.2) is 31.1 Å². The second-order valence-corrected chi connectivity index (χ2v) is 3.32. The molecule has 0 saturated carbocycles. The number of nitrogens with zero attached hydrogens (tertiary/aromatic N) is 5. The summed E-state index contributed by atoms with van der Waals surface area (Å²) in [6.07, 6.45) is 2.87. The molecule has 0 radical (unpaired) electrons.